The Balaban J connectivity index is 1.41. The van der Waals surface area contributed by atoms with Crippen molar-refractivity contribution in [1.29, 1.82) is 0 Å². The average molecular weight is 397 g/mol. The Hall–Kier alpha value is -2.35. The summed E-state index contributed by atoms with van der Waals surface area (Å²) in [5.74, 6) is 1.48. The summed E-state index contributed by atoms with van der Waals surface area (Å²) in [7, 11) is 2.03. The van der Waals surface area contributed by atoms with Gasteiger partial charge in [0.05, 0.1) is 30.9 Å². The van der Waals surface area contributed by atoms with Gasteiger partial charge in [-0.15, -0.1) is 0 Å². The molecule has 1 aliphatic carbocycles. The average Bonchev–Trinajstić information content (AvgIpc) is 3.43. The fourth-order valence-electron chi connectivity index (χ4n) is 5.29. The zero-order valence-electron chi connectivity index (χ0n) is 17.6. The van der Waals surface area contributed by atoms with Crippen LogP contribution in [-0.2, 0) is 0 Å². The molecule has 8 heteroatoms. The summed E-state index contributed by atoms with van der Waals surface area (Å²) in [6.45, 7) is 7.17. The second-order valence-corrected chi connectivity index (χ2v) is 9.10. The lowest BCUT2D eigenvalue weighted by Crippen LogP contribution is -2.30. The molecule has 1 saturated heterocycles. The van der Waals surface area contributed by atoms with Gasteiger partial charge in [-0.2, -0.15) is 5.10 Å². The standard InChI is InChI=1S/C21H29N7O/c1-13-10-27(11-16-8-14(2)25-26(16)3)12-18(13)19-23-20-17(21(29)24-19)9-22-28(20)15-6-4-5-7-15/h9,13,15,18H,4-8,10-12H2,1-3H3/p+1/t13-,18-/m1/s1. The molecule has 1 N–H and O–H groups in total. The third-order valence-corrected chi connectivity index (χ3v) is 6.84. The van der Waals surface area contributed by atoms with Crippen LogP contribution in [0.5, 0.6) is 0 Å². The highest BCUT2D eigenvalue weighted by Crippen LogP contribution is 2.33. The first kappa shape index (κ1) is 18.7. The van der Waals surface area contributed by atoms with Crippen molar-refractivity contribution in [1.82, 2.24) is 24.6 Å². The zero-order valence-corrected chi connectivity index (χ0v) is 17.6. The number of fused-ring (bicyclic) bond motifs is 1. The Morgan fingerprint density at radius 1 is 1.28 bits per heavy atom. The summed E-state index contributed by atoms with van der Waals surface area (Å²) in [6.07, 6.45) is 7.35. The minimum atomic E-state index is -0.0613. The predicted molar refractivity (Wildman–Crippen MR) is 113 cm³/mol. The maximum Gasteiger partial charge on any atom is 0.262 e. The van der Waals surface area contributed by atoms with E-state index in [0.29, 0.717) is 17.3 Å². The van der Waals surface area contributed by atoms with Crippen molar-refractivity contribution in [3.63, 3.8) is 0 Å². The zero-order chi connectivity index (χ0) is 20.1. The van der Waals surface area contributed by atoms with Gasteiger partial charge in [-0.3, -0.25) is 9.69 Å². The summed E-state index contributed by atoms with van der Waals surface area (Å²) in [6, 6.07) is 0.379. The Bertz CT molecular complexity index is 1060. The maximum absolute atomic E-state index is 12.7. The van der Waals surface area contributed by atoms with Gasteiger partial charge in [0.1, 0.15) is 11.2 Å². The molecule has 2 aromatic heterocycles. The van der Waals surface area contributed by atoms with Crippen LogP contribution in [0.3, 0.4) is 0 Å². The number of aromatic amines is 1. The van der Waals surface area contributed by atoms with Crippen molar-refractivity contribution in [3.05, 3.63) is 22.4 Å². The van der Waals surface area contributed by atoms with E-state index in [1.54, 1.807) is 6.20 Å². The SMILES string of the molecule is CC1=N[N+](C)=C(CN2C[C@@H](C)[C@H](c3nc4c(cnn4C4CCCC4)c(=O)[nH]3)C2)C1. The van der Waals surface area contributed by atoms with Gasteiger partial charge in [0.2, 0.25) is 5.71 Å². The molecule has 8 nitrogen and oxygen atoms in total. The van der Waals surface area contributed by atoms with Crippen molar-refractivity contribution in [2.75, 3.05) is 26.7 Å². The largest absolute Gasteiger partial charge is 0.310 e. The topological polar surface area (TPSA) is 82.2 Å². The molecule has 0 spiro atoms. The van der Waals surface area contributed by atoms with Gasteiger partial charge in [-0.25, -0.2) is 9.67 Å². The van der Waals surface area contributed by atoms with Crippen LogP contribution in [-0.4, -0.2) is 67.4 Å². The molecule has 3 aliphatic rings. The van der Waals surface area contributed by atoms with Gasteiger partial charge in [0, 0.05) is 19.0 Å². The molecule has 2 aromatic rings. The Kier molecular flexibility index (Phi) is 4.61. The highest BCUT2D eigenvalue weighted by atomic mass is 16.1. The molecule has 0 bridgehead atoms. The number of hydrazone groups is 1. The molecule has 0 unspecified atom stereocenters. The van der Waals surface area contributed by atoms with E-state index in [-0.39, 0.29) is 11.5 Å². The number of nitrogens with one attached hydrogen (secondary N) is 1. The number of likely N-dealkylation sites (tertiary alicyclic amines) is 1. The second kappa shape index (κ2) is 7.16. The molecule has 0 amide bonds. The summed E-state index contributed by atoms with van der Waals surface area (Å²) in [5.41, 5.74) is 3.21. The van der Waals surface area contributed by atoms with Crippen LogP contribution in [0.1, 0.15) is 63.7 Å². The van der Waals surface area contributed by atoms with Crippen molar-refractivity contribution < 1.29 is 4.68 Å². The molecule has 29 heavy (non-hydrogen) atoms. The molecule has 2 fully saturated rings. The summed E-state index contributed by atoms with van der Waals surface area (Å²) >= 11 is 0. The van der Waals surface area contributed by atoms with E-state index in [0.717, 1.165) is 50.4 Å². The molecular weight excluding hydrogens is 366 g/mol. The van der Waals surface area contributed by atoms with Crippen LogP contribution >= 0.6 is 0 Å². The van der Waals surface area contributed by atoms with Crippen molar-refractivity contribution in [2.45, 2.75) is 57.9 Å². The molecule has 0 radical (unpaired) electrons. The molecule has 154 valence electrons. The maximum atomic E-state index is 12.7. The monoisotopic (exact) mass is 396 g/mol. The molecule has 4 heterocycles. The molecule has 2 aliphatic heterocycles. The lowest BCUT2D eigenvalue weighted by molar-refractivity contribution is -0.500. The van der Waals surface area contributed by atoms with Gasteiger partial charge < -0.3 is 4.98 Å². The quantitative estimate of drug-likeness (QED) is 0.803. The number of aromatic nitrogens is 4. The number of rotatable bonds is 4. The first-order valence-electron chi connectivity index (χ1n) is 10.8. The van der Waals surface area contributed by atoms with Crippen LogP contribution in [0.15, 0.2) is 16.1 Å². The van der Waals surface area contributed by atoms with Crippen LogP contribution in [0.4, 0.5) is 0 Å². The van der Waals surface area contributed by atoms with Crippen LogP contribution in [0.25, 0.3) is 11.0 Å². The number of H-pyrrole nitrogens is 1. The van der Waals surface area contributed by atoms with E-state index in [2.05, 4.69) is 33.9 Å². The third-order valence-electron chi connectivity index (χ3n) is 6.84. The van der Waals surface area contributed by atoms with E-state index in [9.17, 15) is 4.79 Å². The summed E-state index contributed by atoms with van der Waals surface area (Å²) < 4.78 is 4.02. The highest BCUT2D eigenvalue weighted by molar-refractivity contribution is 6.03. The Labute approximate surface area is 170 Å². The lowest BCUT2D eigenvalue weighted by atomic mass is 9.97. The molecule has 5 rings (SSSR count). The van der Waals surface area contributed by atoms with E-state index in [1.165, 1.54) is 24.3 Å². The van der Waals surface area contributed by atoms with Gasteiger partial charge in [0.15, 0.2) is 12.7 Å². The van der Waals surface area contributed by atoms with Crippen LogP contribution in [0, 0.1) is 5.92 Å². The molecule has 0 aromatic carbocycles. The molecule has 2 atom stereocenters. The van der Waals surface area contributed by atoms with Crippen molar-refractivity contribution in [3.8, 4) is 0 Å². The predicted octanol–water partition coefficient (Wildman–Crippen LogP) is 2.13. The number of hydrogen-bond acceptors (Lipinski definition) is 5. The van der Waals surface area contributed by atoms with Crippen molar-refractivity contribution >= 4 is 22.5 Å². The van der Waals surface area contributed by atoms with E-state index in [1.807, 2.05) is 16.4 Å². The van der Waals surface area contributed by atoms with Gasteiger partial charge in [-0.05, 0) is 30.8 Å². The summed E-state index contributed by atoms with van der Waals surface area (Å²) in [5, 5.41) is 9.65. The van der Waals surface area contributed by atoms with Crippen LogP contribution in [0.2, 0.25) is 0 Å². The minimum absolute atomic E-state index is 0.0613. The Morgan fingerprint density at radius 2 is 2.07 bits per heavy atom. The highest BCUT2D eigenvalue weighted by Gasteiger charge is 2.35. The van der Waals surface area contributed by atoms with E-state index >= 15 is 0 Å². The Morgan fingerprint density at radius 3 is 2.79 bits per heavy atom. The number of nitrogens with zero attached hydrogens (tertiary/aromatic N) is 6. The van der Waals surface area contributed by atoms with E-state index in [4.69, 9.17) is 4.98 Å². The van der Waals surface area contributed by atoms with E-state index < -0.39 is 0 Å². The smallest absolute Gasteiger partial charge is 0.262 e. The van der Waals surface area contributed by atoms with Crippen LogP contribution < -0.4 is 5.56 Å². The van der Waals surface area contributed by atoms with Gasteiger partial charge in [-0.1, -0.05) is 24.4 Å². The fourth-order valence-corrected chi connectivity index (χ4v) is 5.29. The van der Waals surface area contributed by atoms with Gasteiger partial charge >= 0.3 is 0 Å². The third kappa shape index (κ3) is 3.33. The molecule has 1 saturated carbocycles. The van der Waals surface area contributed by atoms with Crippen molar-refractivity contribution in [2.24, 2.45) is 11.0 Å². The lowest BCUT2D eigenvalue weighted by Gasteiger charge is -2.15. The molecular formula is C21H30N7O+. The second-order valence-electron chi connectivity index (χ2n) is 9.10. The van der Waals surface area contributed by atoms with Gasteiger partial charge in [0.25, 0.3) is 5.56 Å². The minimum Gasteiger partial charge on any atom is -0.310 e. The fraction of sp³-hybridized carbons (Fsp3) is 0.667. The number of hydrogen-bond donors (Lipinski definition) is 1. The first-order valence-corrected chi connectivity index (χ1v) is 10.8. The normalized spacial score (nSPS) is 26.2. The first-order chi connectivity index (χ1) is 14.0. The summed E-state index contributed by atoms with van der Waals surface area (Å²) in [4.78, 5) is 23.2.